The highest BCUT2D eigenvalue weighted by Crippen LogP contribution is 2.45. The lowest BCUT2D eigenvalue weighted by Crippen LogP contribution is -2.23. The summed E-state index contributed by atoms with van der Waals surface area (Å²) in [6, 6.07) is 0. The molecule has 13 heavy (non-hydrogen) atoms. The van der Waals surface area contributed by atoms with Gasteiger partial charge in [-0.25, -0.2) is 0 Å². The average molecular weight is 200 g/mol. The third-order valence-electron chi connectivity index (χ3n) is 3.37. The minimum Gasteiger partial charge on any atom is -0.365 e. The first kappa shape index (κ1) is 9.85. The topological polar surface area (TPSA) is 9.23 Å². The van der Waals surface area contributed by atoms with Crippen molar-refractivity contribution in [2.75, 3.05) is 6.61 Å². The van der Waals surface area contributed by atoms with Crippen LogP contribution in [0.15, 0.2) is 0 Å². The molecule has 1 aliphatic heterocycles. The van der Waals surface area contributed by atoms with Crippen LogP contribution in [0.3, 0.4) is 0 Å². The molecule has 2 rings (SSSR count). The van der Waals surface area contributed by atoms with E-state index in [-0.39, 0.29) is 4.93 Å². The summed E-state index contributed by atoms with van der Waals surface area (Å²) < 4.78 is 5.81. The molecule has 0 spiro atoms. The Hall–Kier alpha value is 0.310. The first-order valence-electron chi connectivity index (χ1n) is 5.51. The summed E-state index contributed by atoms with van der Waals surface area (Å²) in [5.41, 5.74) is 0. The van der Waals surface area contributed by atoms with Gasteiger partial charge in [0, 0.05) is 11.9 Å². The van der Waals surface area contributed by atoms with Gasteiger partial charge in [0.25, 0.3) is 0 Å². The van der Waals surface area contributed by atoms with Gasteiger partial charge in [-0.1, -0.05) is 13.3 Å². The maximum atomic E-state index is 5.81. The Kier molecular flexibility index (Phi) is 2.89. The van der Waals surface area contributed by atoms with Crippen LogP contribution in [-0.2, 0) is 4.74 Å². The standard InChI is InChI=1S/C11H20OS/c1-9-5-3-6-10(9)13-11(2)7-4-8-12-11/h9-10H,3-8H2,1-2H3. The second-order valence-electron chi connectivity index (χ2n) is 4.65. The summed E-state index contributed by atoms with van der Waals surface area (Å²) in [4.78, 5) is 0.156. The lowest BCUT2D eigenvalue weighted by Gasteiger charge is -2.28. The lowest BCUT2D eigenvalue weighted by molar-refractivity contribution is 0.0963. The fourth-order valence-electron chi connectivity index (χ4n) is 2.45. The number of ether oxygens (including phenoxy) is 1. The van der Waals surface area contributed by atoms with Gasteiger partial charge in [-0.2, -0.15) is 0 Å². The number of rotatable bonds is 2. The van der Waals surface area contributed by atoms with E-state index >= 15 is 0 Å². The van der Waals surface area contributed by atoms with Crippen molar-refractivity contribution in [1.29, 1.82) is 0 Å². The molecule has 2 heteroatoms. The highest BCUT2D eigenvalue weighted by Gasteiger charge is 2.36. The van der Waals surface area contributed by atoms with Crippen LogP contribution in [0.2, 0.25) is 0 Å². The second kappa shape index (κ2) is 3.82. The van der Waals surface area contributed by atoms with Gasteiger partial charge in [0.2, 0.25) is 0 Å². The molecule has 0 bridgehead atoms. The zero-order valence-electron chi connectivity index (χ0n) is 8.71. The summed E-state index contributed by atoms with van der Waals surface area (Å²) >= 11 is 2.10. The van der Waals surface area contributed by atoms with Crippen molar-refractivity contribution in [3.8, 4) is 0 Å². The molecular formula is C11H20OS. The van der Waals surface area contributed by atoms with E-state index in [1.165, 1.54) is 32.1 Å². The van der Waals surface area contributed by atoms with Crippen LogP contribution in [0.4, 0.5) is 0 Å². The van der Waals surface area contributed by atoms with E-state index in [1.54, 1.807) is 0 Å². The molecule has 0 amide bonds. The van der Waals surface area contributed by atoms with E-state index in [2.05, 4.69) is 25.6 Å². The molecule has 0 aromatic heterocycles. The summed E-state index contributed by atoms with van der Waals surface area (Å²) in [6.07, 6.45) is 6.76. The van der Waals surface area contributed by atoms with Crippen LogP contribution in [0.25, 0.3) is 0 Å². The van der Waals surface area contributed by atoms with Crippen molar-refractivity contribution < 1.29 is 4.74 Å². The quantitative estimate of drug-likeness (QED) is 0.675. The fraction of sp³-hybridized carbons (Fsp3) is 1.00. The van der Waals surface area contributed by atoms with Gasteiger partial charge in [0.1, 0.15) is 4.93 Å². The minimum absolute atomic E-state index is 0.156. The molecule has 2 aliphatic rings. The molecule has 0 aromatic carbocycles. The van der Waals surface area contributed by atoms with Gasteiger partial charge >= 0.3 is 0 Å². The number of hydrogen-bond donors (Lipinski definition) is 0. The Bertz CT molecular complexity index is 175. The highest BCUT2D eigenvalue weighted by atomic mass is 32.2. The maximum absolute atomic E-state index is 5.81. The average Bonchev–Trinajstić information content (AvgIpc) is 2.64. The molecule has 0 radical (unpaired) electrons. The van der Waals surface area contributed by atoms with Gasteiger partial charge < -0.3 is 4.74 Å². The first-order chi connectivity index (χ1) is 6.20. The summed E-state index contributed by atoms with van der Waals surface area (Å²) in [7, 11) is 0. The van der Waals surface area contributed by atoms with Gasteiger partial charge in [-0.3, -0.25) is 0 Å². The third-order valence-corrected chi connectivity index (χ3v) is 5.19. The zero-order chi connectivity index (χ0) is 9.31. The van der Waals surface area contributed by atoms with Crippen molar-refractivity contribution in [2.45, 2.75) is 56.1 Å². The second-order valence-corrected chi connectivity index (χ2v) is 6.36. The van der Waals surface area contributed by atoms with Crippen molar-refractivity contribution in [3.05, 3.63) is 0 Å². The van der Waals surface area contributed by atoms with Crippen LogP contribution >= 0.6 is 11.8 Å². The first-order valence-corrected chi connectivity index (χ1v) is 6.39. The molecule has 1 nitrogen and oxygen atoms in total. The molecule has 3 unspecified atom stereocenters. The molecule has 0 aromatic rings. The highest BCUT2D eigenvalue weighted by molar-refractivity contribution is 8.01. The van der Waals surface area contributed by atoms with Crippen molar-refractivity contribution in [3.63, 3.8) is 0 Å². The van der Waals surface area contributed by atoms with E-state index in [0.717, 1.165) is 17.8 Å². The van der Waals surface area contributed by atoms with Crippen LogP contribution in [0.5, 0.6) is 0 Å². The molecule has 3 atom stereocenters. The van der Waals surface area contributed by atoms with Gasteiger partial charge in [0.05, 0.1) is 0 Å². The van der Waals surface area contributed by atoms with Crippen LogP contribution in [-0.4, -0.2) is 16.8 Å². The molecule has 0 N–H and O–H groups in total. The Morgan fingerprint density at radius 3 is 2.69 bits per heavy atom. The zero-order valence-corrected chi connectivity index (χ0v) is 9.53. The van der Waals surface area contributed by atoms with Crippen LogP contribution < -0.4 is 0 Å². The van der Waals surface area contributed by atoms with E-state index < -0.39 is 0 Å². The van der Waals surface area contributed by atoms with Crippen molar-refractivity contribution in [1.82, 2.24) is 0 Å². The predicted molar refractivity (Wildman–Crippen MR) is 58.0 cm³/mol. The van der Waals surface area contributed by atoms with Crippen LogP contribution in [0, 0.1) is 5.92 Å². The SMILES string of the molecule is CC1CCCC1SC1(C)CCCO1. The molecule has 1 saturated heterocycles. The minimum atomic E-state index is 0.156. The Labute approximate surface area is 85.6 Å². The smallest absolute Gasteiger partial charge is 0.111 e. The molecule has 76 valence electrons. The summed E-state index contributed by atoms with van der Waals surface area (Å²) in [5.74, 6) is 0.908. The Balaban J connectivity index is 1.88. The Morgan fingerprint density at radius 1 is 1.31 bits per heavy atom. The normalized spacial score (nSPS) is 45.7. The third kappa shape index (κ3) is 2.21. The lowest BCUT2D eigenvalue weighted by atomic mass is 10.1. The molecule has 2 fully saturated rings. The monoisotopic (exact) mass is 200 g/mol. The molecule has 1 aliphatic carbocycles. The summed E-state index contributed by atoms with van der Waals surface area (Å²) in [6.45, 7) is 5.64. The fourth-order valence-corrected chi connectivity index (χ4v) is 4.16. The molecule has 1 saturated carbocycles. The largest absolute Gasteiger partial charge is 0.365 e. The van der Waals surface area contributed by atoms with Crippen molar-refractivity contribution in [2.24, 2.45) is 5.92 Å². The maximum Gasteiger partial charge on any atom is 0.111 e. The number of thioether (sulfide) groups is 1. The van der Waals surface area contributed by atoms with E-state index in [4.69, 9.17) is 4.74 Å². The Morgan fingerprint density at radius 2 is 2.15 bits per heavy atom. The molecule has 1 heterocycles. The summed E-state index contributed by atoms with van der Waals surface area (Å²) in [5, 5.41) is 0.864. The predicted octanol–water partition coefficient (Wildman–Crippen LogP) is 3.43. The van der Waals surface area contributed by atoms with Crippen molar-refractivity contribution >= 4 is 11.8 Å². The van der Waals surface area contributed by atoms with Gasteiger partial charge in [0.15, 0.2) is 0 Å². The van der Waals surface area contributed by atoms with Gasteiger partial charge in [-0.05, 0) is 38.5 Å². The number of hydrogen-bond acceptors (Lipinski definition) is 2. The molecular weight excluding hydrogens is 180 g/mol. The van der Waals surface area contributed by atoms with Crippen LogP contribution in [0.1, 0.15) is 46.0 Å². The van der Waals surface area contributed by atoms with E-state index in [0.29, 0.717) is 0 Å². The van der Waals surface area contributed by atoms with E-state index in [9.17, 15) is 0 Å². The van der Waals surface area contributed by atoms with E-state index in [1.807, 2.05) is 0 Å². The van der Waals surface area contributed by atoms with Gasteiger partial charge in [-0.15, -0.1) is 11.8 Å².